The van der Waals surface area contributed by atoms with Crippen LogP contribution in [-0.4, -0.2) is 53.9 Å². The fourth-order valence-corrected chi connectivity index (χ4v) is 6.59. The second-order valence-corrected chi connectivity index (χ2v) is 10.8. The number of thiazole rings is 1. The fraction of sp³-hybridized carbons (Fsp3) is 0.409. The quantitative estimate of drug-likeness (QED) is 0.595. The SMILES string of the molecule is Cc1cc(C)c(-c2csc(N3CCN(S(=O)(=O)c4cnc(C)nc4C)CC3)n2)c(C)c1. The van der Waals surface area contributed by atoms with E-state index in [1.54, 1.807) is 25.2 Å². The smallest absolute Gasteiger partial charge is 0.246 e. The lowest BCUT2D eigenvalue weighted by molar-refractivity contribution is 0.384. The van der Waals surface area contributed by atoms with E-state index in [1.165, 1.54) is 32.8 Å². The third kappa shape index (κ3) is 4.22. The lowest BCUT2D eigenvalue weighted by Gasteiger charge is -2.33. The van der Waals surface area contributed by atoms with Crippen LogP contribution in [0.3, 0.4) is 0 Å². The van der Waals surface area contributed by atoms with E-state index in [0.29, 0.717) is 37.7 Å². The van der Waals surface area contributed by atoms with Gasteiger partial charge in [-0.05, 0) is 45.7 Å². The summed E-state index contributed by atoms with van der Waals surface area (Å²) in [5.41, 5.74) is 6.35. The van der Waals surface area contributed by atoms with Crippen LogP contribution in [0.1, 0.15) is 28.2 Å². The number of aromatic nitrogens is 3. The Morgan fingerprint density at radius 1 is 0.935 bits per heavy atom. The van der Waals surface area contributed by atoms with Crippen molar-refractivity contribution in [1.82, 2.24) is 19.3 Å². The van der Waals surface area contributed by atoms with Gasteiger partial charge in [0.05, 0.1) is 17.6 Å². The topological polar surface area (TPSA) is 79.3 Å². The molecule has 1 aliphatic rings. The molecule has 31 heavy (non-hydrogen) atoms. The number of sulfonamides is 1. The molecule has 1 saturated heterocycles. The van der Waals surface area contributed by atoms with Gasteiger partial charge in [0.1, 0.15) is 10.7 Å². The Balaban J connectivity index is 1.50. The van der Waals surface area contributed by atoms with Gasteiger partial charge < -0.3 is 4.90 Å². The first kappa shape index (κ1) is 21.9. The lowest BCUT2D eigenvalue weighted by atomic mass is 9.98. The third-order valence-electron chi connectivity index (χ3n) is 5.61. The zero-order chi connectivity index (χ0) is 22.3. The van der Waals surface area contributed by atoms with Crippen molar-refractivity contribution >= 4 is 26.5 Å². The van der Waals surface area contributed by atoms with Crippen LogP contribution < -0.4 is 4.90 Å². The minimum absolute atomic E-state index is 0.188. The fourth-order valence-electron chi connectivity index (χ4n) is 4.19. The standard InChI is InChI=1S/C22H27N5O2S2/c1-14-10-15(2)21(16(3)11-14)19-13-30-22(25-19)26-6-8-27(9-7-26)31(28,29)20-12-23-18(5)24-17(20)4/h10-13H,6-9H2,1-5H3. The maximum Gasteiger partial charge on any atom is 0.246 e. The summed E-state index contributed by atoms with van der Waals surface area (Å²) >= 11 is 1.61. The average molecular weight is 458 g/mol. The van der Waals surface area contributed by atoms with Crippen molar-refractivity contribution in [1.29, 1.82) is 0 Å². The number of benzene rings is 1. The summed E-state index contributed by atoms with van der Waals surface area (Å²) in [6.07, 6.45) is 1.42. The first-order valence-corrected chi connectivity index (χ1v) is 12.6. The van der Waals surface area contributed by atoms with Crippen molar-refractivity contribution in [3.8, 4) is 11.3 Å². The van der Waals surface area contributed by atoms with E-state index in [9.17, 15) is 8.42 Å². The summed E-state index contributed by atoms with van der Waals surface area (Å²) in [5, 5.41) is 3.03. The van der Waals surface area contributed by atoms with Crippen LogP contribution in [0.15, 0.2) is 28.6 Å². The van der Waals surface area contributed by atoms with Crippen LogP contribution in [0.4, 0.5) is 5.13 Å². The largest absolute Gasteiger partial charge is 0.345 e. The molecule has 0 atom stereocenters. The molecule has 0 saturated carbocycles. The summed E-state index contributed by atoms with van der Waals surface area (Å²) in [6, 6.07) is 4.36. The van der Waals surface area contributed by atoms with E-state index in [2.05, 4.69) is 53.2 Å². The molecule has 0 amide bonds. The van der Waals surface area contributed by atoms with E-state index in [-0.39, 0.29) is 4.90 Å². The van der Waals surface area contributed by atoms with E-state index in [0.717, 1.165) is 10.8 Å². The zero-order valence-corrected chi connectivity index (χ0v) is 20.1. The molecule has 1 aliphatic heterocycles. The van der Waals surface area contributed by atoms with Crippen molar-refractivity contribution in [2.24, 2.45) is 0 Å². The minimum Gasteiger partial charge on any atom is -0.345 e. The van der Waals surface area contributed by atoms with Gasteiger partial charge >= 0.3 is 0 Å². The van der Waals surface area contributed by atoms with E-state index >= 15 is 0 Å². The highest BCUT2D eigenvalue weighted by atomic mass is 32.2. The molecule has 0 bridgehead atoms. The van der Waals surface area contributed by atoms with Crippen molar-refractivity contribution in [3.63, 3.8) is 0 Å². The Kier molecular flexibility index (Phi) is 5.85. The number of anilines is 1. The summed E-state index contributed by atoms with van der Waals surface area (Å²) in [7, 11) is -3.60. The first-order valence-electron chi connectivity index (χ1n) is 10.3. The first-order chi connectivity index (χ1) is 14.7. The minimum atomic E-state index is -3.60. The van der Waals surface area contributed by atoms with Gasteiger partial charge in [0.15, 0.2) is 5.13 Å². The van der Waals surface area contributed by atoms with Gasteiger partial charge in [-0.2, -0.15) is 4.31 Å². The molecule has 7 nitrogen and oxygen atoms in total. The second-order valence-electron chi connectivity index (χ2n) is 8.05. The molecule has 1 aromatic carbocycles. The molecule has 0 radical (unpaired) electrons. The molecule has 3 heterocycles. The highest BCUT2D eigenvalue weighted by Gasteiger charge is 2.31. The molecule has 4 rings (SSSR count). The number of aryl methyl sites for hydroxylation is 5. The van der Waals surface area contributed by atoms with Crippen LogP contribution >= 0.6 is 11.3 Å². The highest BCUT2D eigenvalue weighted by Crippen LogP contribution is 2.33. The number of rotatable bonds is 4. The Bertz CT molecular complexity index is 1210. The molecular weight excluding hydrogens is 430 g/mol. The second kappa shape index (κ2) is 8.29. The molecule has 0 aliphatic carbocycles. The van der Waals surface area contributed by atoms with Gasteiger partial charge in [-0.3, -0.25) is 0 Å². The average Bonchev–Trinajstić information content (AvgIpc) is 3.16. The maximum atomic E-state index is 13.1. The molecule has 2 aromatic heterocycles. The van der Waals surface area contributed by atoms with Gasteiger partial charge in [0.25, 0.3) is 0 Å². The summed E-state index contributed by atoms with van der Waals surface area (Å²) in [4.78, 5) is 15.5. The lowest BCUT2D eigenvalue weighted by Crippen LogP contribution is -2.48. The number of hydrogen-bond donors (Lipinski definition) is 0. The zero-order valence-electron chi connectivity index (χ0n) is 18.5. The molecule has 0 N–H and O–H groups in total. The Morgan fingerprint density at radius 2 is 1.58 bits per heavy atom. The molecule has 3 aromatic rings. The van der Waals surface area contributed by atoms with E-state index in [4.69, 9.17) is 4.98 Å². The van der Waals surface area contributed by atoms with Crippen molar-refractivity contribution in [2.45, 2.75) is 39.5 Å². The van der Waals surface area contributed by atoms with Gasteiger partial charge in [0, 0.05) is 37.1 Å². The van der Waals surface area contributed by atoms with Gasteiger partial charge in [-0.1, -0.05) is 17.7 Å². The van der Waals surface area contributed by atoms with Crippen LogP contribution in [0, 0.1) is 34.6 Å². The monoisotopic (exact) mass is 457 g/mol. The molecule has 0 spiro atoms. The molecule has 9 heteroatoms. The van der Waals surface area contributed by atoms with E-state index in [1.807, 2.05) is 0 Å². The van der Waals surface area contributed by atoms with Crippen LogP contribution in [0.25, 0.3) is 11.3 Å². The summed E-state index contributed by atoms with van der Waals surface area (Å²) < 4.78 is 27.7. The van der Waals surface area contributed by atoms with Crippen LogP contribution in [0.5, 0.6) is 0 Å². The predicted molar refractivity (Wildman–Crippen MR) is 124 cm³/mol. The van der Waals surface area contributed by atoms with Gasteiger partial charge in [0.2, 0.25) is 10.0 Å². The van der Waals surface area contributed by atoms with Crippen molar-refractivity contribution in [2.75, 3.05) is 31.1 Å². The van der Waals surface area contributed by atoms with Crippen molar-refractivity contribution < 1.29 is 8.42 Å². The Morgan fingerprint density at radius 3 is 2.19 bits per heavy atom. The number of hydrogen-bond acceptors (Lipinski definition) is 7. The Hall–Kier alpha value is -2.36. The summed E-state index contributed by atoms with van der Waals surface area (Å²) in [5.74, 6) is 0.569. The maximum absolute atomic E-state index is 13.1. The predicted octanol–water partition coefficient (Wildman–Crippen LogP) is 3.65. The molecular formula is C22H27N5O2S2. The third-order valence-corrected chi connectivity index (χ3v) is 8.51. The van der Waals surface area contributed by atoms with Crippen LogP contribution in [-0.2, 0) is 10.0 Å². The highest BCUT2D eigenvalue weighted by molar-refractivity contribution is 7.89. The Labute approximate surface area is 187 Å². The molecule has 1 fully saturated rings. The normalized spacial score (nSPS) is 15.5. The number of nitrogens with zero attached hydrogens (tertiary/aromatic N) is 5. The number of piperazine rings is 1. The summed E-state index contributed by atoms with van der Waals surface area (Å²) in [6.45, 7) is 11.8. The van der Waals surface area contributed by atoms with Gasteiger partial charge in [-0.25, -0.2) is 23.4 Å². The van der Waals surface area contributed by atoms with E-state index < -0.39 is 10.0 Å². The molecule has 0 unspecified atom stereocenters. The van der Waals surface area contributed by atoms with Gasteiger partial charge in [-0.15, -0.1) is 11.3 Å². The van der Waals surface area contributed by atoms with Crippen molar-refractivity contribution in [3.05, 3.63) is 51.9 Å². The molecule has 164 valence electrons. The van der Waals surface area contributed by atoms with Crippen LogP contribution in [0.2, 0.25) is 0 Å².